The summed E-state index contributed by atoms with van der Waals surface area (Å²) in [6.45, 7) is 5.02. The number of aliphatic hydroxyl groups excluding tert-OH is 1. The van der Waals surface area contributed by atoms with Crippen molar-refractivity contribution in [3.05, 3.63) is 29.8 Å². The van der Waals surface area contributed by atoms with Crippen molar-refractivity contribution >= 4 is 12.4 Å². The van der Waals surface area contributed by atoms with Crippen molar-refractivity contribution in [3.63, 3.8) is 0 Å². The molecule has 1 aliphatic carbocycles. The van der Waals surface area contributed by atoms with Gasteiger partial charge in [0.1, 0.15) is 18.5 Å². The van der Waals surface area contributed by atoms with E-state index in [1.54, 1.807) is 0 Å². The number of ether oxygens (including phenoxy) is 1. The maximum atomic E-state index is 9.72. The van der Waals surface area contributed by atoms with Crippen molar-refractivity contribution < 1.29 is 9.84 Å². The Morgan fingerprint density at radius 2 is 1.89 bits per heavy atom. The summed E-state index contributed by atoms with van der Waals surface area (Å²) in [6, 6.07) is 8.64. The van der Waals surface area contributed by atoms with E-state index in [2.05, 4.69) is 31.3 Å². The van der Waals surface area contributed by atoms with Gasteiger partial charge in [-0.1, -0.05) is 26.0 Å². The molecule has 1 saturated carbocycles. The molecule has 2 N–H and O–H groups in total. The molecule has 1 fully saturated rings. The Balaban J connectivity index is 0.00000180. The van der Waals surface area contributed by atoms with Crippen molar-refractivity contribution in [2.75, 3.05) is 13.2 Å². The Morgan fingerprint density at radius 3 is 2.42 bits per heavy atom. The van der Waals surface area contributed by atoms with E-state index in [4.69, 9.17) is 4.74 Å². The van der Waals surface area contributed by atoms with Gasteiger partial charge >= 0.3 is 0 Å². The van der Waals surface area contributed by atoms with E-state index >= 15 is 0 Å². The second kappa shape index (κ2) is 7.73. The third-order valence-corrected chi connectivity index (χ3v) is 3.13. The fourth-order valence-electron chi connectivity index (χ4n) is 1.88. The summed E-state index contributed by atoms with van der Waals surface area (Å²) in [5.74, 6) is 1.61. The maximum Gasteiger partial charge on any atom is 0.119 e. The van der Waals surface area contributed by atoms with Gasteiger partial charge in [0.25, 0.3) is 0 Å². The molecule has 0 amide bonds. The molecule has 1 atom stereocenters. The van der Waals surface area contributed by atoms with E-state index in [1.165, 1.54) is 18.4 Å². The summed E-state index contributed by atoms with van der Waals surface area (Å²) < 4.78 is 5.57. The lowest BCUT2D eigenvalue weighted by Crippen LogP contribution is -2.35. The van der Waals surface area contributed by atoms with Gasteiger partial charge in [0, 0.05) is 12.6 Å². The Hall–Kier alpha value is -0.770. The summed E-state index contributed by atoms with van der Waals surface area (Å²) in [5.41, 5.74) is 1.41. The molecular weight excluding hydrogens is 262 g/mol. The number of aliphatic hydroxyl groups is 1. The lowest BCUT2D eigenvalue weighted by atomic mass is 10.1. The fourth-order valence-corrected chi connectivity index (χ4v) is 1.88. The van der Waals surface area contributed by atoms with Crippen molar-refractivity contribution in [2.45, 2.75) is 44.8 Å². The first-order chi connectivity index (χ1) is 8.65. The van der Waals surface area contributed by atoms with Crippen LogP contribution in [-0.2, 0) is 0 Å². The number of benzene rings is 1. The Bertz CT molecular complexity index is 363. The van der Waals surface area contributed by atoms with Gasteiger partial charge in [-0.25, -0.2) is 0 Å². The number of hydrogen-bond acceptors (Lipinski definition) is 3. The van der Waals surface area contributed by atoms with Gasteiger partial charge in [-0.15, -0.1) is 12.4 Å². The van der Waals surface area contributed by atoms with Gasteiger partial charge in [-0.3, -0.25) is 0 Å². The second-order valence-electron chi connectivity index (χ2n) is 5.37. The smallest absolute Gasteiger partial charge is 0.119 e. The highest BCUT2D eigenvalue weighted by atomic mass is 35.5. The van der Waals surface area contributed by atoms with E-state index < -0.39 is 6.10 Å². The highest BCUT2D eigenvalue weighted by Crippen LogP contribution is 2.40. The van der Waals surface area contributed by atoms with E-state index in [1.807, 2.05) is 12.1 Å². The Labute approximate surface area is 121 Å². The van der Waals surface area contributed by atoms with E-state index in [9.17, 15) is 5.11 Å². The highest BCUT2D eigenvalue weighted by molar-refractivity contribution is 5.85. The van der Waals surface area contributed by atoms with Crippen LogP contribution in [0.1, 0.15) is 38.2 Å². The summed E-state index contributed by atoms with van der Waals surface area (Å²) in [7, 11) is 0. The molecule has 0 radical (unpaired) electrons. The second-order valence-corrected chi connectivity index (χ2v) is 5.37. The number of rotatable bonds is 7. The third kappa shape index (κ3) is 5.81. The summed E-state index contributed by atoms with van der Waals surface area (Å²) in [6.07, 6.45) is 2.18. The molecule has 0 heterocycles. The normalized spacial score (nSPS) is 16.0. The van der Waals surface area contributed by atoms with Crippen molar-refractivity contribution in [1.82, 2.24) is 5.32 Å². The SMILES string of the molecule is CC(C)NCC(O)COc1ccc(C2CC2)cc1.Cl. The van der Waals surface area contributed by atoms with Crippen LogP contribution >= 0.6 is 12.4 Å². The first kappa shape index (κ1) is 16.3. The quantitative estimate of drug-likeness (QED) is 0.809. The number of hydrogen-bond donors (Lipinski definition) is 2. The topological polar surface area (TPSA) is 41.5 Å². The maximum absolute atomic E-state index is 9.72. The molecule has 19 heavy (non-hydrogen) atoms. The molecule has 108 valence electrons. The lowest BCUT2D eigenvalue weighted by molar-refractivity contribution is 0.104. The Morgan fingerprint density at radius 1 is 1.26 bits per heavy atom. The molecule has 0 spiro atoms. The molecule has 2 rings (SSSR count). The minimum Gasteiger partial charge on any atom is -0.491 e. The summed E-state index contributed by atoms with van der Waals surface area (Å²) >= 11 is 0. The predicted octanol–water partition coefficient (Wildman–Crippen LogP) is 2.72. The van der Waals surface area contributed by atoms with Crippen LogP contribution in [0, 0.1) is 0 Å². The zero-order valence-corrected chi connectivity index (χ0v) is 12.5. The molecule has 1 aromatic carbocycles. The number of halogens is 1. The Kier molecular flexibility index (Phi) is 6.63. The fraction of sp³-hybridized carbons (Fsp3) is 0.600. The molecule has 3 nitrogen and oxygen atoms in total. The minimum absolute atomic E-state index is 0. The first-order valence-electron chi connectivity index (χ1n) is 6.79. The van der Waals surface area contributed by atoms with Crippen molar-refractivity contribution in [3.8, 4) is 5.75 Å². The van der Waals surface area contributed by atoms with Crippen LogP contribution in [0.3, 0.4) is 0 Å². The zero-order valence-electron chi connectivity index (χ0n) is 11.6. The summed E-state index contributed by atoms with van der Waals surface area (Å²) in [4.78, 5) is 0. The van der Waals surface area contributed by atoms with Crippen molar-refractivity contribution in [1.29, 1.82) is 0 Å². The van der Waals surface area contributed by atoms with E-state index in [0.29, 0.717) is 19.2 Å². The average molecular weight is 286 g/mol. The van der Waals surface area contributed by atoms with Crippen LogP contribution in [0.25, 0.3) is 0 Å². The van der Waals surface area contributed by atoms with E-state index in [0.717, 1.165) is 11.7 Å². The molecular formula is C15H24ClNO2. The average Bonchev–Trinajstić information content (AvgIpc) is 3.18. The minimum atomic E-state index is -0.462. The van der Waals surface area contributed by atoms with Gasteiger partial charge in [-0.2, -0.15) is 0 Å². The summed E-state index contributed by atoms with van der Waals surface area (Å²) in [5, 5.41) is 12.9. The molecule has 4 heteroatoms. The highest BCUT2D eigenvalue weighted by Gasteiger charge is 2.22. The molecule has 0 saturated heterocycles. The molecule has 1 unspecified atom stereocenters. The van der Waals surface area contributed by atoms with Crippen LogP contribution in [-0.4, -0.2) is 30.4 Å². The standard InChI is InChI=1S/C15H23NO2.ClH/c1-11(2)16-9-14(17)10-18-15-7-5-13(6-8-15)12-3-4-12;/h5-8,11-12,14,16-17H,3-4,9-10H2,1-2H3;1H. The first-order valence-corrected chi connectivity index (χ1v) is 6.79. The predicted molar refractivity (Wildman–Crippen MR) is 80.3 cm³/mol. The van der Waals surface area contributed by atoms with E-state index in [-0.39, 0.29) is 12.4 Å². The van der Waals surface area contributed by atoms with Crippen LogP contribution in [0.5, 0.6) is 5.75 Å². The lowest BCUT2D eigenvalue weighted by Gasteiger charge is -2.15. The van der Waals surface area contributed by atoms with Gasteiger partial charge in [0.05, 0.1) is 0 Å². The molecule has 0 aliphatic heterocycles. The van der Waals surface area contributed by atoms with Gasteiger partial charge in [-0.05, 0) is 36.5 Å². The van der Waals surface area contributed by atoms with Crippen LogP contribution in [0.2, 0.25) is 0 Å². The number of nitrogens with one attached hydrogen (secondary N) is 1. The van der Waals surface area contributed by atoms with Crippen molar-refractivity contribution in [2.24, 2.45) is 0 Å². The van der Waals surface area contributed by atoms with Crippen LogP contribution in [0.4, 0.5) is 0 Å². The van der Waals surface area contributed by atoms with Gasteiger partial charge in [0.2, 0.25) is 0 Å². The van der Waals surface area contributed by atoms with Crippen LogP contribution in [0.15, 0.2) is 24.3 Å². The largest absolute Gasteiger partial charge is 0.491 e. The molecule has 0 aromatic heterocycles. The van der Waals surface area contributed by atoms with Crippen LogP contribution < -0.4 is 10.1 Å². The third-order valence-electron chi connectivity index (χ3n) is 3.13. The van der Waals surface area contributed by atoms with Gasteiger partial charge < -0.3 is 15.2 Å². The molecule has 1 aromatic rings. The molecule has 1 aliphatic rings. The molecule has 0 bridgehead atoms. The monoisotopic (exact) mass is 285 g/mol. The van der Waals surface area contributed by atoms with Gasteiger partial charge in [0.15, 0.2) is 0 Å². The zero-order chi connectivity index (χ0) is 13.0.